The van der Waals surface area contributed by atoms with Gasteiger partial charge in [0.2, 0.25) is 5.91 Å². The fraction of sp³-hybridized carbons (Fsp3) is 0.667. The molecule has 0 aromatic heterocycles. The molecule has 24 heavy (non-hydrogen) atoms. The van der Waals surface area contributed by atoms with E-state index >= 15 is 0 Å². The molecular formula is C21H32N2O. The SMILES string of the molecule is CNCC1CCCN(C(=O)C2(c3cccc(C)c3)CCCCC2)C1. The topological polar surface area (TPSA) is 32.3 Å². The Labute approximate surface area is 146 Å². The zero-order chi connectivity index (χ0) is 17.0. The van der Waals surface area contributed by atoms with E-state index in [-0.39, 0.29) is 5.41 Å². The molecular weight excluding hydrogens is 296 g/mol. The highest BCUT2D eigenvalue weighted by Crippen LogP contribution is 2.42. The Bertz CT molecular complexity index is 561. The lowest BCUT2D eigenvalue weighted by atomic mass is 9.68. The second-order valence-electron chi connectivity index (χ2n) is 7.83. The molecule has 1 aromatic carbocycles. The average Bonchev–Trinajstić information content (AvgIpc) is 2.62. The largest absolute Gasteiger partial charge is 0.342 e. The van der Waals surface area contributed by atoms with Gasteiger partial charge >= 0.3 is 0 Å². The summed E-state index contributed by atoms with van der Waals surface area (Å²) in [7, 11) is 2.01. The summed E-state index contributed by atoms with van der Waals surface area (Å²) in [6, 6.07) is 8.69. The lowest BCUT2D eigenvalue weighted by Crippen LogP contribution is -2.52. The quantitative estimate of drug-likeness (QED) is 0.915. The predicted molar refractivity (Wildman–Crippen MR) is 99.2 cm³/mol. The number of benzene rings is 1. The lowest BCUT2D eigenvalue weighted by Gasteiger charge is -2.43. The molecule has 1 unspecified atom stereocenters. The van der Waals surface area contributed by atoms with Crippen LogP contribution >= 0.6 is 0 Å². The van der Waals surface area contributed by atoms with Crippen LogP contribution in [0, 0.1) is 12.8 Å². The van der Waals surface area contributed by atoms with Crippen molar-refractivity contribution >= 4 is 5.91 Å². The average molecular weight is 329 g/mol. The van der Waals surface area contributed by atoms with E-state index in [1.807, 2.05) is 7.05 Å². The van der Waals surface area contributed by atoms with Crippen molar-refractivity contribution < 1.29 is 4.79 Å². The molecule has 3 rings (SSSR count). The van der Waals surface area contributed by atoms with Gasteiger partial charge in [0.1, 0.15) is 0 Å². The van der Waals surface area contributed by atoms with Crippen molar-refractivity contribution in [1.29, 1.82) is 0 Å². The summed E-state index contributed by atoms with van der Waals surface area (Å²) in [5.74, 6) is 0.999. The van der Waals surface area contributed by atoms with E-state index in [2.05, 4.69) is 41.4 Å². The summed E-state index contributed by atoms with van der Waals surface area (Å²) in [5.41, 5.74) is 2.24. The maximum Gasteiger partial charge on any atom is 0.233 e. The molecule has 1 aromatic rings. The van der Waals surface area contributed by atoms with Crippen LogP contribution in [0.25, 0.3) is 0 Å². The zero-order valence-corrected chi connectivity index (χ0v) is 15.3. The number of amides is 1. The molecule has 3 nitrogen and oxygen atoms in total. The maximum absolute atomic E-state index is 13.6. The number of likely N-dealkylation sites (tertiary alicyclic amines) is 1. The maximum atomic E-state index is 13.6. The minimum Gasteiger partial charge on any atom is -0.342 e. The monoisotopic (exact) mass is 328 g/mol. The summed E-state index contributed by atoms with van der Waals surface area (Å²) < 4.78 is 0. The molecule has 1 aliphatic heterocycles. The van der Waals surface area contributed by atoms with Crippen molar-refractivity contribution in [3.8, 4) is 0 Å². The first kappa shape index (κ1) is 17.5. The van der Waals surface area contributed by atoms with Crippen molar-refractivity contribution in [2.45, 2.75) is 57.3 Å². The van der Waals surface area contributed by atoms with E-state index in [4.69, 9.17) is 0 Å². The number of hydrogen-bond acceptors (Lipinski definition) is 2. The van der Waals surface area contributed by atoms with Gasteiger partial charge in [-0.15, -0.1) is 0 Å². The second-order valence-corrected chi connectivity index (χ2v) is 7.83. The Morgan fingerprint density at radius 3 is 2.75 bits per heavy atom. The van der Waals surface area contributed by atoms with Crippen molar-refractivity contribution in [1.82, 2.24) is 10.2 Å². The first-order chi connectivity index (χ1) is 11.7. The fourth-order valence-corrected chi connectivity index (χ4v) is 4.73. The van der Waals surface area contributed by atoms with Gasteiger partial charge in [-0.2, -0.15) is 0 Å². The smallest absolute Gasteiger partial charge is 0.233 e. The number of nitrogens with one attached hydrogen (secondary N) is 1. The summed E-state index contributed by atoms with van der Waals surface area (Å²) in [6.07, 6.45) is 8.03. The van der Waals surface area contributed by atoms with Crippen molar-refractivity contribution in [3.05, 3.63) is 35.4 Å². The highest BCUT2D eigenvalue weighted by Gasteiger charge is 2.44. The van der Waals surface area contributed by atoms with Crippen molar-refractivity contribution in [2.24, 2.45) is 5.92 Å². The zero-order valence-electron chi connectivity index (χ0n) is 15.3. The molecule has 0 spiro atoms. The molecule has 0 radical (unpaired) electrons. The highest BCUT2D eigenvalue weighted by molar-refractivity contribution is 5.88. The molecule has 1 saturated heterocycles. The third kappa shape index (κ3) is 3.51. The van der Waals surface area contributed by atoms with Gasteiger partial charge in [0.15, 0.2) is 0 Å². The number of nitrogens with zero attached hydrogens (tertiary/aromatic N) is 1. The van der Waals surface area contributed by atoms with E-state index in [1.54, 1.807) is 0 Å². The Balaban J connectivity index is 1.87. The molecule has 1 atom stereocenters. The number of hydrogen-bond donors (Lipinski definition) is 1. The van der Waals surface area contributed by atoms with Crippen molar-refractivity contribution in [3.63, 3.8) is 0 Å². The Kier molecular flexibility index (Phi) is 5.60. The number of rotatable bonds is 4. The van der Waals surface area contributed by atoms with Crippen LogP contribution in [-0.2, 0) is 10.2 Å². The molecule has 1 heterocycles. The third-order valence-electron chi connectivity index (χ3n) is 5.99. The van der Waals surface area contributed by atoms with Gasteiger partial charge in [-0.25, -0.2) is 0 Å². The fourth-order valence-electron chi connectivity index (χ4n) is 4.73. The molecule has 0 bridgehead atoms. The van der Waals surface area contributed by atoms with Gasteiger partial charge in [0, 0.05) is 13.1 Å². The summed E-state index contributed by atoms with van der Waals surface area (Å²) >= 11 is 0. The van der Waals surface area contributed by atoms with E-state index in [9.17, 15) is 4.79 Å². The van der Waals surface area contributed by atoms with Crippen molar-refractivity contribution in [2.75, 3.05) is 26.7 Å². The standard InChI is InChI=1S/C21H32N2O/c1-17-8-6-10-19(14-17)21(11-4-3-5-12-21)20(24)23-13-7-9-18(16-23)15-22-2/h6,8,10,14,18,22H,3-5,7,9,11-13,15-16H2,1-2H3. The van der Waals surface area contributed by atoms with E-state index in [1.165, 1.54) is 36.8 Å². The Morgan fingerprint density at radius 1 is 1.25 bits per heavy atom. The summed E-state index contributed by atoms with van der Waals surface area (Å²) in [6.45, 7) is 5.01. The number of aryl methyl sites for hydroxylation is 1. The lowest BCUT2D eigenvalue weighted by molar-refractivity contribution is -0.140. The molecule has 132 valence electrons. The van der Waals surface area contributed by atoms with Crippen LogP contribution in [0.2, 0.25) is 0 Å². The highest BCUT2D eigenvalue weighted by atomic mass is 16.2. The molecule has 3 heteroatoms. The number of piperidine rings is 1. The first-order valence-electron chi connectivity index (χ1n) is 9.67. The van der Waals surface area contributed by atoms with Crippen LogP contribution in [0.3, 0.4) is 0 Å². The molecule has 2 aliphatic rings. The van der Waals surface area contributed by atoms with Gasteiger partial charge in [-0.1, -0.05) is 49.1 Å². The van der Waals surface area contributed by atoms with Crippen LogP contribution < -0.4 is 5.32 Å². The van der Waals surface area contributed by atoms with Crippen LogP contribution in [0.4, 0.5) is 0 Å². The summed E-state index contributed by atoms with van der Waals surface area (Å²) in [5, 5.41) is 3.29. The Morgan fingerprint density at radius 2 is 2.04 bits per heavy atom. The van der Waals surface area contributed by atoms with Gasteiger partial charge in [-0.05, 0) is 57.7 Å². The summed E-state index contributed by atoms with van der Waals surface area (Å²) in [4.78, 5) is 15.8. The molecule has 1 N–H and O–H groups in total. The van der Waals surface area contributed by atoms with Crippen LogP contribution in [0.5, 0.6) is 0 Å². The number of carbonyl (C=O) groups excluding carboxylic acids is 1. The van der Waals surface area contributed by atoms with Crippen LogP contribution in [0.1, 0.15) is 56.1 Å². The van der Waals surface area contributed by atoms with E-state index < -0.39 is 0 Å². The van der Waals surface area contributed by atoms with Gasteiger partial charge in [0.05, 0.1) is 5.41 Å². The third-order valence-corrected chi connectivity index (χ3v) is 5.99. The minimum atomic E-state index is -0.272. The molecule has 2 fully saturated rings. The van der Waals surface area contributed by atoms with Gasteiger partial charge in [-0.3, -0.25) is 4.79 Å². The molecule has 1 amide bonds. The first-order valence-corrected chi connectivity index (χ1v) is 9.67. The van der Waals surface area contributed by atoms with Gasteiger partial charge in [0.25, 0.3) is 0 Å². The van der Waals surface area contributed by atoms with E-state index in [0.29, 0.717) is 11.8 Å². The second kappa shape index (κ2) is 7.69. The Hall–Kier alpha value is -1.35. The van der Waals surface area contributed by atoms with Crippen LogP contribution in [0.15, 0.2) is 24.3 Å². The minimum absolute atomic E-state index is 0.272. The van der Waals surface area contributed by atoms with E-state index in [0.717, 1.165) is 38.9 Å². The molecule has 1 saturated carbocycles. The predicted octanol–water partition coefficient (Wildman–Crippen LogP) is 3.65. The van der Waals surface area contributed by atoms with Crippen LogP contribution in [-0.4, -0.2) is 37.5 Å². The van der Waals surface area contributed by atoms with Gasteiger partial charge < -0.3 is 10.2 Å². The normalized spacial score (nSPS) is 23.9. The number of carbonyl (C=O) groups is 1. The molecule has 1 aliphatic carbocycles.